The Morgan fingerprint density at radius 1 is 0.940 bits per heavy atom. The SMILES string of the molecule is CNC(=O)c1ccc(C)c(Nc2nc(NCCCN(C)C)nc(N(C)CC(C)(C)C)c2[N+](=O)[O-])c1.CSc1nc(O)c([N+](=O)[O-])c(=O)[nH]1.CSc1nc(O)cc(=O)[nH]1.O=S(=O)(O)O.ONOO. The molecule has 0 atom stereocenters. The van der Waals surface area contributed by atoms with E-state index in [1.54, 1.807) is 49.7 Å². The number of nitrogens with zero attached hydrogens (tertiary/aromatic N) is 8. The van der Waals surface area contributed by atoms with Crippen LogP contribution in [0, 0.1) is 32.6 Å². The number of rotatable bonds is 15. The molecular weight excluding hydrogens is 957 g/mol. The molecule has 33 heteroatoms. The number of hydrogen-bond acceptors (Lipinski definition) is 25. The molecule has 0 aliphatic carbocycles. The Bertz CT molecular complexity index is 2460. The first-order valence-corrected chi connectivity index (χ1v) is 22.4. The van der Waals surface area contributed by atoms with Crippen LogP contribution in [0.3, 0.4) is 0 Å². The molecule has 4 aromatic rings. The number of aromatic amines is 2. The van der Waals surface area contributed by atoms with Gasteiger partial charge in [-0.25, -0.2) is 5.26 Å². The minimum absolute atomic E-state index is 0.0630. The second-order valence-electron chi connectivity index (χ2n) is 14.3. The van der Waals surface area contributed by atoms with E-state index in [1.165, 1.54) is 11.8 Å². The van der Waals surface area contributed by atoms with E-state index >= 15 is 0 Å². The minimum atomic E-state index is -4.67. The highest BCUT2D eigenvalue weighted by molar-refractivity contribution is 7.98. The zero-order chi connectivity index (χ0) is 51.8. The number of carbonyl (C=O) groups is 1. The van der Waals surface area contributed by atoms with E-state index in [-0.39, 0.29) is 45.2 Å². The second kappa shape index (κ2) is 29.4. The summed E-state index contributed by atoms with van der Waals surface area (Å²) in [5, 5.41) is 63.8. The van der Waals surface area contributed by atoms with Gasteiger partial charge in [-0.3, -0.25) is 53.9 Å². The minimum Gasteiger partial charge on any atom is -0.493 e. The molecule has 12 N–H and O–H groups in total. The first-order valence-electron chi connectivity index (χ1n) is 18.5. The highest BCUT2D eigenvalue weighted by atomic mass is 32.3. The Morgan fingerprint density at radius 2 is 1.49 bits per heavy atom. The van der Waals surface area contributed by atoms with E-state index < -0.39 is 37.4 Å². The molecule has 0 aliphatic rings. The van der Waals surface area contributed by atoms with Crippen molar-refractivity contribution in [2.75, 3.05) is 75.9 Å². The standard InChI is InChI=1S/C24H38N8O3.C5H5N3O4S.C5H6N2O2S.H3NO3.H2O4S/c1-16-10-11-17(22(33)25-5)14-18(16)27-20-19(32(34)35)21(31(8)15-24(2,3)4)29-23(28-20)26-12-9-13-30(6)7;1-13-5-6-3(9)2(8(11)12)4(10)7-5;1-10-5-6-3(8)2-4(9)7-5;2-1-4-3;1-5(2,3)4/h10-11,14H,9,12-13,15H2,1-8H3,(H,25,33)(H2,26,27,28,29);1H3,(H2,6,7,9,10);2H,1H3,(H2,6,7,8,9);1-3H;(H2,1,2,3,4). The van der Waals surface area contributed by atoms with Crippen LogP contribution in [-0.4, -0.2) is 149 Å². The monoisotopic (exact) mass is 1010 g/mol. The fourth-order valence-corrected chi connectivity index (χ4v) is 5.57. The summed E-state index contributed by atoms with van der Waals surface area (Å²) in [5.41, 5.74) is 0.228. The topological polar surface area (TPSA) is 440 Å². The van der Waals surface area contributed by atoms with Crippen LogP contribution in [-0.2, 0) is 15.4 Å². The predicted molar refractivity (Wildman–Crippen MR) is 247 cm³/mol. The molecule has 0 saturated heterocycles. The maximum atomic E-state index is 12.2. The lowest BCUT2D eigenvalue weighted by Crippen LogP contribution is -2.31. The molecule has 0 unspecified atom stereocenters. The summed E-state index contributed by atoms with van der Waals surface area (Å²) in [4.78, 5) is 82.0. The molecule has 0 bridgehead atoms. The number of thioether (sulfide) groups is 2. The molecular formula is C34H54N14O16S3. The second-order valence-corrected chi connectivity index (χ2v) is 16.8. The highest BCUT2D eigenvalue weighted by Gasteiger charge is 2.30. The van der Waals surface area contributed by atoms with Gasteiger partial charge in [-0.05, 0) is 75.3 Å². The first kappa shape index (κ1) is 60.7. The summed E-state index contributed by atoms with van der Waals surface area (Å²) < 4.78 is 31.6. The summed E-state index contributed by atoms with van der Waals surface area (Å²) in [6, 6.07) is 6.17. The van der Waals surface area contributed by atoms with Crippen LogP contribution in [0.15, 0.2) is 44.2 Å². The van der Waals surface area contributed by atoms with Gasteiger partial charge in [0.15, 0.2) is 10.3 Å². The van der Waals surface area contributed by atoms with Gasteiger partial charge in [-0.2, -0.15) is 28.4 Å². The maximum Gasteiger partial charge on any atom is 0.395 e. The molecule has 0 aliphatic heterocycles. The average molecular weight is 1010 g/mol. The fraction of sp³-hybridized carbons (Fsp3) is 0.441. The average Bonchev–Trinajstić information content (AvgIpc) is 3.21. The van der Waals surface area contributed by atoms with Crippen LogP contribution < -0.4 is 37.6 Å². The zero-order valence-electron chi connectivity index (χ0n) is 37.7. The van der Waals surface area contributed by atoms with Crippen LogP contribution in [0.1, 0.15) is 43.1 Å². The van der Waals surface area contributed by atoms with Crippen LogP contribution in [0.25, 0.3) is 0 Å². The van der Waals surface area contributed by atoms with E-state index in [4.69, 9.17) is 38.2 Å². The molecule has 67 heavy (non-hydrogen) atoms. The Kier molecular flexibility index (Phi) is 26.6. The van der Waals surface area contributed by atoms with Crippen molar-refractivity contribution in [2.45, 2.75) is 44.4 Å². The summed E-state index contributed by atoms with van der Waals surface area (Å²) >= 11 is 2.34. The predicted octanol–water partition coefficient (Wildman–Crippen LogP) is 2.66. The van der Waals surface area contributed by atoms with E-state index in [9.17, 15) is 34.6 Å². The quantitative estimate of drug-likeness (QED) is 0.0155. The summed E-state index contributed by atoms with van der Waals surface area (Å²) in [7, 11) is 2.67. The Labute approximate surface area is 390 Å². The van der Waals surface area contributed by atoms with Crippen molar-refractivity contribution in [3.8, 4) is 11.8 Å². The number of aryl methyl sites for hydroxylation is 1. The Hall–Kier alpha value is -6.30. The number of aromatic nitrogens is 6. The van der Waals surface area contributed by atoms with Gasteiger partial charge in [0.2, 0.25) is 23.5 Å². The van der Waals surface area contributed by atoms with Gasteiger partial charge in [0.25, 0.3) is 17.3 Å². The fourth-order valence-electron chi connectivity index (χ4n) is 4.81. The third-order valence-corrected chi connectivity index (χ3v) is 8.50. The number of nitro groups is 2. The van der Waals surface area contributed by atoms with E-state index in [0.29, 0.717) is 35.4 Å². The molecule has 4 rings (SSSR count). The lowest BCUT2D eigenvalue weighted by Gasteiger charge is -2.27. The number of benzene rings is 1. The number of amides is 1. The molecule has 1 aromatic carbocycles. The third-order valence-electron chi connectivity index (χ3n) is 7.34. The van der Waals surface area contributed by atoms with Crippen LogP contribution in [0.2, 0.25) is 0 Å². The van der Waals surface area contributed by atoms with Crippen molar-refractivity contribution >= 4 is 74.5 Å². The number of carbonyl (C=O) groups excluding carboxylic acids is 1. The molecule has 3 aromatic heterocycles. The largest absolute Gasteiger partial charge is 0.493 e. The summed E-state index contributed by atoms with van der Waals surface area (Å²) in [6.07, 6.45) is 4.23. The Balaban J connectivity index is 0.00000109. The molecule has 30 nitrogen and oxygen atoms in total. The van der Waals surface area contributed by atoms with Crippen molar-refractivity contribution in [3.63, 3.8) is 0 Å². The number of hydrogen-bond donors (Lipinski definition) is 12. The van der Waals surface area contributed by atoms with Gasteiger partial charge in [-0.1, -0.05) is 50.4 Å². The van der Waals surface area contributed by atoms with Crippen molar-refractivity contribution in [2.24, 2.45) is 5.41 Å². The van der Waals surface area contributed by atoms with Crippen LogP contribution in [0.5, 0.6) is 11.8 Å². The number of nitrogens with one attached hydrogen (secondary N) is 6. The van der Waals surface area contributed by atoms with Gasteiger partial charge < -0.3 is 40.9 Å². The molecule has 3 heterocycles. The van der Waals surface area contributed by atoms with Crippen molar-refractivity contribution in [1.82, 2.24) is 45.8 Å². The van der Waals surface area contributed by atoms with Gasteiger partial charge in [0.1, 0.15) is 0 Å². The molecule has 0 spiro atoms. The lowest BCUT2D eigenvalue weighted by atomic mass is 9.96. The third kappa shape index (κ3) is 24.7. The van der Waals surface area contributed by atoms with Gasteiger partial charge in [0, 0.05) is 38.4 Å². The van der Waals surface area contributed by atoms with Gasteiger partial charge in [0.05, 0.1) is 15.9 Å². The zero-order valence-corrected chi connectivity index (χ0v) is 40.2. The van der Waals surface area contributed by atoms with Crippen molar-refractivity contribution in [1.29, 1.82) is 0 Å². The lowest BCUT2D eigenvalue weighted by molar-refractivity contribution is -0.387. The molecule has 0 radical (unpaired) electrons. The Morgan fingerprint density at radius 3 is 1.94 bits per heavy atom. The molecule has 0 saturated carbocycles. The highest BCUT2D eigenvalue weighted by Crippen LogP contribution is 2.37. The maximum absolute atomic E-state index is 12.2. The van der Waals surface area contributed by atoms with Crippen molar-refractivity contribution in [3.05, 3.63) is 76.3 Å². The van der Waals surface area contributed by atoms with Crippen molar-refractivity contribution < 1.29 is 57.8 Å². The molecule has 374 valence electrons. The smallest absolute Gasteiger partial charge is 0.395 e. The molecule has 0 fully saturated rings. The van der Waals surface area contributed by atoms with E-state index in [1.807, 2.05) is 21.0 Å². The number of anilines is 4. The van der Waals surface area contributed by atoms with Crippen LogP contribution in [0.4, 0.5) is 34.6 Å². The van der Waals surface area contributed by atoms with Crippen LogP contribution >= 0.6 is 23.5 Å². The molecule has 1 amide bonds. The number of H-pyrrole nitrogens is 2. The summed E-state index contributed by atoms with van der Waals surface area (Å²) in [6.45, 7) is 10.1. The number of aromatic hydroxyl groups is 2. The van der Waals surface area contributed by atoms with Gasteiger partial charge >= 0.3 is 27.3 Å². The summed E-state index contributed by atoms with van der Waals surface area (Å²) in [5.74, 6) is -0.774. The van der Waals surface area contributed by atoms with E-state index in [0.717, 1.165) is 42.0 Å². The normalized spacial score (nSPS) is 10.6. The van der Waals surface area contributed by atoms with Gasteiger partial charge in [-0.15, -0.1) is 4.99 Å². The van der Waals surface area contributed by atoms with E-state index in [2.05, 4.69) is 76.5 Å². The first-order chi connectivity index (χ1) is 31.0.